The van der Waals surface area contributed by atoms with Gasteiger partial charge < -0.3 is 10.6 Å². The first-order chi connectivity index (χ1) is 19.6. The van der Waals surface area contributed by atoms with Crippen LogP contribution in [0.1, 0.15) is 60.8 Å². The van der Waals surface area contributed by atoms with E-state index in [1.165, 1.54) is 6.07 Å². The van der Waals surface area contributed by atoms with Crippen molar-refractivity contribution in [3.63, 3.8) is 0 Å². The third kappa shape index (κ3) is 5.53. The van der Waals surface area contributed by atoms with Gasteiger partial charge in [0.1, 0.15) is 28.4 Å². The second kappa shape index (κ2) is 10.4. The normalized spacial score (nSPS) is 14.7. The monoisotopic (exact) mass is 577 g/mol. The van der Waals surface area contributed by atoms with Crippen molar-refractivity contribution in [2.45, 2.75) is 38.5 Å². The molecule has 2 amide bonds. The van der Waals surface area contributed by atoms with E-state index in [4.69, 9.17) is 0 Å². The number of alkyl halides is 3. The van der Waals surface area contributed by atoms with E-state index in [2.05, 4.69) is 35.8 Å². The number of carbonyl (C=O) groups is 2. The van der Waals surface area contributed by atoms with Gasteiger partial charge in [-0.05, 0) is 60.0 Å². The molecule has 9 nitrogen and oxygen atoms in total. The molecule has 0 radical (unpaired) electrons. The summed E-state index contributed by atoms with van der Waals surface area (Å²) in [4.78, 5) is 37.5. The highest BCUT2D eigenvalue weighted by atomic mass is 32.1. The summed E-state index contributed by atoms with van der Waals surface area (Å²) in [5.41, 5.74) is 3.69. The number of nitrogens with zero attached hydrogens (tertiary/aromatic N) is 4. The van der Waals surface area contributed by atoms with Gasteiger partial charge in [-0.25, -0.2) is 15.0 Å². The first-order valence-corrected chi connectivity index (χ1v) is 13.5. The maximum atomic E-state index is 13.0. The van der Waals surface area contributed by atoms with Crippen LogP contribution < -0.4 is 10.6 Å². The van der Waals surface area contributed by atoms with Crippen LogP contribution in [-0.4, -0.2) is 37.0 Å². The Bertz CT molecular complexity index is 1800. The van der Waals surface area contributed by atoms with E-state index in [-0.39, 0.29) is 24.0 Å². The van der Waals surface area contributed by atoms with Crippen molar-refractivity contribution in [3.05, 3.63) is 93.6 Å². The fourth-order valence-electron chi connectivity index (χ4n) is 4.81. The number of aryl methyl sites for hydroxylation is 2. The number of rotatable bonds is 6. The van der Waals surface area contributed by atoms with Crippen molar-refractivity contribution in [1.29, 1.82) is 0 Å². The van der Waals surface area contributed by atoms with Crippen molar-refractivity contribution in [2.75, 3.05) is 0 Å². The average molecular weight is 578 g/mol. The highest BCUT2D eigenvalue weighted by Crippen LogP contribution is 2.38. The minimum atomic E-state index is -4.41. The molecule has 1 atom stereocenters. The highest BCUT2D eigenvalue weighted by molar-refractivity contribution is 7.19. The van der Waals surface area contributed by atoms with Gasteiger partial charge in [-0.2, -0.15) is 18.3 Å². The number of carbonyl (C=O) groups excluding carboxylic acids is 2. The molecular formula is C28H22F3N7O2S. The molecule has 208 valence electrons. The lowest BCUT2D eigenvalue weighted by Gasteiger charge is -2.14. The maximum absolute atomic E-state index is 13.0. The van der Waals surface area contributed by atoms with Crippen LogP contribution >= 0.6 is 11.3 Å². The summed E-state index contributed by atoms with van der Waals surface area (Å²) in [6.45, 7) is 1.91. The van der Waals surface area contributed by atoms with E-state index in [0.29, 0.717) is 32.8 Å². The van der Waals surface area contributed by atoms with E-state index in [1.54, 1.807) is 18.2 Å². The number of thiophene rings is 1. The number of benzene rings is 2. The minimum Gasteiger partial charge on any atom is -0.347 e. The third-order valence-electron chi connectivity index (χ3n) is 6.83. The Kier molecular flexibility index (Phi) is 6.73. The van der Waals surface area contributed by atoms with Crippen LogP contribution in [0.2, 0.25) is 0 Å². The number of nitrogens with one attached hydrogen (secondary N) is 3. The van der Waals surface area contributed by atoms with Gasteiger partial charge in [0.15, 0.2) is 5.82 Å². The van der Waals surface area contributed by atoms with E-state index < -0.39 is 22.9 Å². The Balaban J connectivity index is 1.10. The molecule has 0 saturated carbocycles. The van der Waals surface area contributed by atoms with Crippen molar-refractivity contribution in [3.8, 4) is 11.4 Å². The molecule has 1 aliphatic rings. The van der Waals surface area contributed by atoms with Crippen LogP contribution in [-0.2, 0) is 19.1 Å². The SMILES string of the molecule is Cc1nc(-c2ccc3c(c2)CC[C@H]3NC(=O)c2cc(C(=O)NCc3ccc4cc(C(F)(F)F)sc4c3)ncn2)n[nH]1. The summed E-state index contributed by atoms with van der Waals surface area (Å²) in [7, 11) is 0. The zero-order valence-electron chi connectivity index (χ0n) is 21.5. The summed E-state index contributed by atoms with van der Waals surface area (Å²) < 4.78 is 39.5. The number of H-pyrrole nitrogens is 1. The summed E-state index contributed by atoms with van der Waals surface area (Å²) in [5, 5.41) is 13.2. The van der Waals surface area contributed by atoms with Gasteiger partial charge in [0.2, 0.25) is 0 Å². The second-order valence-corrected chi connectivity index (χ2v) is 10.8. The zero-order chi connectivity index (χ0) is 28.7. The average Bonchev–Trinajstić information content (AvgIpc) is 3.69. The van der Waals surface area contributed by atoms with Crippen molar-refractivity contribution < 1.29 is 22.8 Å². The quantitative estimate of drug-likeness (QED) is 0.256. The smallest absolute Gasteiger partial charge is 0.347 e. The molecule has 3 aromatic heterocycles. The van der Waals surface area contributed by atoms with Gasteiger partial charge in [-0.3, -0.25) is 14.7 Å². The third-order valence-corrected chi connectivity index (χ3v) is 7.97. The van der Waals surface area contributed by atoms with E-state index in [1.807, 2.05) is 25.1 Å². The lowest BCUT2D eigenvalue weighted by atomic mass is 10.0. The summed E-state index contributed by atoms with van der Waals surface area (Å²) >= 11 is 0.654. The Morgan fingerprint density at radius 1 is 1.05 bits per heavy atom. The number of fused-ring (bicyclic) bond motifs is 2. The zero-order valence-corrected chi connectivity index (χ0v) is 22.4. The Hall–Kier alpha value is -4.65. The predicted octanol–water partition coefficient (Wildman–Crippen LogP) is 5.15. The van der Waals surface area contributed by atoms with Crippen LogP contribution in [0.4, 0.5) is 13.2 Å². The predicted molar refractivity (Wildman–Crippen MR) is 145 cm³/mol. The molecule has 0 unspecified atom stereocenters. The van der Waals surface area contributed by atoms with Crippen LogP contribution in [0.15, 0.2) is 54.9 Å². The number of halogens is 3. The summed E-state index contributed by atoms with van der Waals surface area (Å²) in [6.07, 6.45) is -1.76. The van der Waals surface area contributed by atoms with Crippen LogP contribution in [0.3, 0.4) is 0 Å². The van der Waals surface area contributed by atoms with Gasteiger partial charge in [-0.1, -0.05) is 24.3 Å². The van der Waals surface area contributed by atoms with Gasteiger partial charge in [0, 0.05) is 22.9 Å². The number of aromatic amines is 1. The molecule has 3 N–H and O–H groups in total. The van der Waals surface area contributed by atoms with Gasteiger partial charge in [0.05, 0.1) is 6.04 Å². The van der Waals surface area contributed by atoms with E-state index in [9.17, 15) is 22.8 Å². The topological polar surface area (TPSA) is 126 Å². The Labute approximate surface area is 235 Å². The van der Waals surface area contributed by atoms with Gasteiger partial charge >= 0.3 is 6.18 Å². The number of amides is 2. The molecule has 6 rings (SSSR count). The van der Waals surface area contributed by atoms with Gasteiger partial charge in [-0.15, -0.1) is 11.3 Å². The fourth-order valence-corrected chi connectivity index (χ4v) is 5.81. The maximum Gasteiger partial charge on any atom is 0.425 e. The molecular weight excluding hydrogens is 555 g/mol. The standard InChI is InChI=1S/C28H22F3N7O2S/c1-14-35-25(38-37-14)18-4-6-19-16(9-18)5-7-20(19)36-27(40)22-11-21(33-13-34-22)26(39)32-12-15-2-3-17-10-24(28(29,30)31)41-23(17)8-15/h2-4,6,8-11,13,20H,5,7,12H2,1H3,(H,32,39)(H,36,40)(H,35,37,38)/t20-/m1/s1. The molecule has 0 bridgehead atoms. The lowest BCUT2D eigenvalue weighted by molar-refractivity contribution is -0.134. The van der Waals surface area contributed by atoms with Gasteiger partial charge in [0.25, 0.3) is 11.8 Å². The second-order valence-electron chi connectivity index (χ2n) is 9.67. The highest BCUT2D eigenvalue weighted by Gasteiger charge is 2.32. The first kappa shape index (κ1) is 26.6. The molecule has 5 aromatic rings. The molecule has 0 saturated heterocycles. The molecule has 1 aliphatic carbocycles. The van der Waals surface area contributed by atoms with E-state index >= 15 is 0 Å². The lowest BCUT2D eigenvalue weighted by Crippen LogP contribution is -2.29. The molecule has 2 aromatic carbocycles. The van der Waals surface area contributed by atoms with Crippen LogP contribution in [0, 0.1) is 6.92 Å². The number of aromatic nitrogens is 5. The molecule has 0 spiro atoms. The van der Waals surface area contributed by atoms with Crippen molar-refractivity contribution in [1.82, 2.24) is 35.8 Å². The van der Waals surface area contributed by atoms with Crippen molar-refractivity contribution in [2.24, 2.45) is 0 Å². The van der Waals surface area contributed by atoms with Crippen LogP contribution in [0.5, 0.6) is 0 Å². The molecule has 13 heteroatoms. The Morgan fingerprint density at radius 2 is 1.85 bits per heavy atom. The largest absolute Gasteiger partial charge is 0.425 e. The van der Waals surface area contributed by atoms with Crippen LogP contribution in [0.25, 0.3) is 21.5 Å². The van der Waals surface area contributed by atoms with Crippen molar-refractivity contribution >= 4 is 33.2 Å². The molecule has 41 heavy (non-hydrogen) atoms. The first-order valence-electron chi connectivity index (χ1n) is 12.7. The summed E-state index contributed by atoms with van der Waals surface area (Å²) in [6, 6.07) is 13.0. The molecule has 0 fully saturated rings. The van der Waals surface area contributed by atoms with E-state index in [0.717, 1.165) is 47.8 Å². The Morgan fingerprint density at radius 3 is 2.61 bits per heavy atom. The molecule has 0 aliphatic heterocycles. The fraction of sp³-hybridized carbons (Fsp3) is 0.214. The molecule has 3 heterocycles. The minimum absolute atomic E-state index is 0.0000285. The summed E-state index contributed by atoms with van der Waals surface area (Å²) in [5.74, 6) is 0.375. The number of hydrogen-bond donors (Lipinski definition) is 3. The number of hydrogen-bond acceptors (Lipinski definition) is 7.